The molecule has 0 spiro atoms. The topological polar surface area (TPSA) is 61.5 Å². The molecule has 4 rings (SSSR count). The normalized spacial score (nSPS) is 14.5. The summed E-state index contributed by atoms with van der Waals surface area (Å²) < 4.78 is 5.80. The number of rotatable bonds is 4. The number of piperazine rings is 1. The van der Waals surface area contributed by atoms with Crippen molar-refractivity contribution < 1.29 is 9.53 Å². The van der Waals surface area contributed by atoms with Gasteiger partial charge in [-0.1, -0.05) is 30.3 Å². The Kier molecular flexibility index (Phi) is 4.94. The molecule has 0 bridgehead atoms. The molecule has 28 heavy (non-hydrogen) atoms. The predicted octanol–water partition coefficient (Wildman–Crippen LogP) is 3.54. The van der Waals surface area contributed by atoms with Crippen LogP contribution in [-0.4, -0.2) is 53.8 Å². The summed E-state index contributed by atoms with van der Waals surface area (Å²) in [6.07, 6.45) is 0. The molecule has 1 saturated heterocycles. The molecule has 1 amide bonds. The number of aromatic nitrogens is 2. The van der Waals surface area contributed by atoms with Crippen LogP contribution in [0.15, 0.2) is 36.4 Å². The highest BCUT2D eigenvalue weighted by molar-refractivity contribution is 6.09. The summed E-state index contributed by atoms with van der Waals surface area (Å²) in [5.41, 5.74) is 3.91. The first kappa shape index (κ1) is 18.3. The monoisotopic (exact) mass is 378 g/mol. The number of anilines is 1. The molecule has 0 radical (unpaired) electrons. The summed E-state index contributed by atoms with van der Waals surface area (Å²) in [6.45, 7) is 9.47. The van der Waals surface area contributed by atoms with Gasteiger partial charge >= 0.3 is 0 Å². The van der Waals surface area contributed by atoms with E-state index in [0.29, 0.717) is 31.0 Å². The van der Waals surface area contributed by atoms with Gasteiger partial charge in [0.2, 0.25) is 0 Å². The number of hydrogen-bond donors (Lipinski definition) is 1. The Morgan fingerprint density at radius 3 is 2.54 bits per heavy atom. The summed E-state index contributed by atoms with van der Waals surface area (Å²) in [5, 5.41) is 9.34. The van der Waals surface area contributed by atoms with E-state index < -0.39 is 0 Å². The van der Waals surface area contributed by atoms with Gasteiger partial charge in [-0.2, -0.15) is 5.10 Å². The van der Waals surface area contributed by atoms with Crippen LogP contribution in [0.25, 0.3) is 10.8 Å². The van der Waals surface area contributed by atoms with Crippen LogP contribution in [0.4, 0.5) is 5.69 Å². The number of carbonyl (C=O) groups is 1. The maximum absolute atomic E-state index is 13.4. The molecule has 6 nitrogen and oxygen atoms in total. The van der Waals surface area contributed by atoms with E-state index in [0.717, 1.165) is 40.9 Å². The first-order chi connectivity index (χ1) is 13.6. The van der Waals surface area contributed by atoms with E-state index in [1.54, 1.807) is 0 Å². The van der Waals surface area contributed by atoms with E-state index in [9.17, 15) is 4.79 Å². The zero-order chi connectivity index (χ0) is 19.7. The van der Waals surface area contributed by atoms with Gasteiger partial charge in [0.05, 0.1) is 29.2 Å². The molecule has 146 valence electrons. The maximum atomic E-state index is 13.4. The Morgan fingerprint density at radius 2 is 1.86 bits per heavy atom. The highest BCUT2D eigenvalue weighted by Gasteiger charge is 2.27. The zero-order valence-corrected chi connectivity index (χ0v) is 16.7. The van der Waals surface area contributed by atoms with Crippen molar-refractivity contribution in [2.45, 2.75) is 20.8 Å². The lowest BCUT2D eigenvalue weighted by molar-refractivity contribution is 0.0744. The molecule has 1 aliphatic heterocycles. The lowest BCUT2D eigenvalue weighted by Gasteiger charge is -2.36. The molecule has 0 saturated carbocycles. The minimum absolute atomic E-state index is 0.0422. The van der Waals surface area contributed by atoms with Gasteiger partial charge in [0, 0.05) is 26.2 Å². The van der Waals surface area contributed by atoms with Crippen molar-refractivity contribution in [2.75, 3.05) is 37.7 Å². The molecule has 6 heteroatoms. The van der Waals surface area contributed by atoms with E-state index in [1.165, 1.54) is 0 Å². The Balaban J connectivity index is 1.60. The van der Waals surface area contributed by atoms with Crippen molar-refractivity contribution in [2.24, 2.45) is 0 Å². The minimum Gasteiger partial charge on any atom is -0.493 e. The molecule has 2 aromatic carbocycles. The predicted molar refractivity (Wildman–Crippen MR) is 111 cm³/mol. The maximum Gasteiger partial charge on any atom is 0.258 e. The number of H-pyrrole nitrogens is 1. The largest absolute Gasteiger partial charge is 0.493 e. The average Bonchev–Trinajstić information content (AvgIpc) is 3.06. The van der Waals surface area contributed by atoms with Crippen LogP contribution in [0.1, 0.15) is 28.7 Å². The van der Waals surface area contributed by atoms with Gasteiger partial charge in [-0.25, -0.2) is 0 Å². The molecular weight excluding hydrogens is 352 g/mol. The molecule has 2 heterocycles. The number of ether oxygens (including phenoxy) is 1. The molecule has 0 atom stereocenters. The van der Waals surface area contributed by atoms with Crippen LogP contribution in [0, 0.1) is 13.8 Å². The molecule has 1 fully saturated rings. The summed E-state index contributed by atoms with van der Waals surface area (Å²) in [5.74, 6) is 0.704. The van der Waals surface area contributed by atoms with Gasteiger partial charge in [-0.3, -0.25) is 9.89 Å². The molecule has 0 unspecified atom stereocenters. The number of nitrogens with zero attached hydrogens (tertiary/aromatic N) is 3. The smallest absolute Gasteiger partial charge is 0.258 e. The number of aryl methyl sites for hydroxylation is 2. The molecule has 0 aliphatic carbocycles. The summed E-state index contributed by atoms with van der Waals surface area (Å²) >= 11 is 0. The van der Waals surface area contributed by atoms with Gasteiger partial charge in [-0.05, 0) is 37.6 Å². The number of hydrogen-bond acceptors (Lipinski definition) is 4. The van der Waals surface area contributed by atoms with Crippen LogP contribution < -0.4 is 9.64 Å². The van der Waals surface area contributed by atoms with Crippen molar-refractivity contribution in [3.63, 3.8) is 0 Å². The van der Waals surface area contributed by atoms with E-state index in [4.69, 9.17) is 4.74 Å². The average molecular weight is 378 g/mol. The van der Waals surface area contributed by atoms with Crippen molar-refractivity contribution in [1.29, 1.82) is 0 Å². The highest BCUT2D eigenvalue weighted by atomic mass is 16.5. The van der Waals surface area contributed by atoms with E-state index in [2.05, 4.69) is 15.1 Å². The Bertz CT molecular complexity index is 983. The van der Waals surface area contributed by atoms with Gasteiger partial charge in [0.25, 0.3) is 5.91 Å². The minimum atomic E-state index is 0.0422. The van der Waals surface area contributed by atoms with Crippen molar-refractivity contribution in [1.82, 2.24) is 15.1 Å². The fourth-order valence-corrected chi connectivity index (χ4v) is 4.05. The van der Waals surface area contributed by atoms with Gasteiger partial charge in [0.1, 0.15) is 5.75 Å². The second kappa shape index (κ2) is 7.54. The van der Waals surface area contributed by atoms with Gasteiger partial charge < -0.3 is 14.5 Å². The lowest BCUT2D eigenvalue weighted by atomic mass is 10.0. The first-order valence-corrected chi connectivity index (χ1v) is 9.80. The van der Waals surface area contributed by atoms with E-state index in [-0.39, 0.29) is 5.91 Å². The van der Waals surface area contributed by atoms with Crippen LogP contribution >= 0.6 is 0 Å². The Morgan fingerprint density at radius 1 is 1.11 bits per heavy atom. The van der Waals surface area contributed by atoms with Gasteiger partial charge in [-0.15, -0.1) is 0 Å². The summed E-state index contributed by atoms with van der Waals surface area (Å²) in [4.78, 5) is 17.7. The van der Waals surface area contributed by atoms with Crippen LogP contribution in [0.2, 0.25) is 0 Å². The number of carbonyl (C=O) groups excluding carboxylic acids is 1. The third-order valence-electron chi connectivity index (χ3n) is 5.38. The fraction of sp³-hybridized carbons (Fsp3) is 0.364. The molecular formula is C22H26N4O2. The third kappa shape index (κ3) is 3.19. The lowest BCUT2D eigenvalue weighted by Crippen LogP contribution is -2.49. The highest BCUT2D eigenvalue weighted by Crippen LogP contribution is 2.30. The fourth-order valence-electron chi connectivity index (χ4n) is 4.05. The number of aromatic amines is 1. The Hall–Kier alpha value is -3.02. The molecule has 1 aromatic heterocycles. The summed E-state index contributed by atoms with van der Waals surface area (Å²) in [7, 11) is 0. The first-order valence-electron chi connectivity index (χ1n) is 9.80. The van der Waals surface area contributed by atoms with E-state index >= 15 is 0 Å². The van der Waals surface area contributed by atoms with Crippen LogP contribution in [0.3, 0.4) is 0 Å². The SMILES string of the molecule is CCOc1ccc2ccccc2c1C(=O)N1CCN(c2c(C)n[nH]c2C)CC1. The second-order valence-corrected chi connectivity index (χ2v) is 7.15. The van der Waals surface area contributed by atoms with E-state index in [1.807, 2.05) is 62.1 Å². The molecule has 1 aliphatic rings. The molecule has 1 N–H and O–H groups in total. The third-order valence-corrected chi connectivity index (χ3v) is 5.38. The van der Waals surface area contributed by atoms with Crippen molar-refractivity contribution >= 4 is 22.4 Å². The number of benzene rings is 2. The second-order valence-electron chi connectivity index (χ2n) is 7.15. The number of nitrogens with one attached hydrogen (secondary N) is 1. The van der Waals surface area contributed by atoms with Crippen molar-refractivity contribution in [3.8, 4) is 5.75 Å². The summed E-state index contributed by atoms with van der Waals surface area (Å²) in [6, 6.07) is 11.9. The number of fused-ring (bicyclic) bond motifs is 1. The van der Waals surface area contributed by atoms with Crippen LogP contribution in [-0.2, 0) is 0 Å². The number of amides is 1. The zero-order valence-electron chi connectivity index (χ0n) is 16.7. The van der Waals surface area contributed by atoms with Gasteiger partial charge in [0.15, 0.2) is 0 Å². The van der Waals surface area contributed by atoms with Crippen LogP contribution in [0.5, 0.6) is 5.75 Å². The quantitative estimate of drug-likeness (QED) is 0.754. The molecule has 3 aromatic rings. The standard InChI is InChI=1S/C22H26N4O2/c1-4-28-19-10-9-17-7-5-6-8-18(17)20(19)22(27)26-13-11-25(12-14-26)21-15(2)23-24-16(21)3/h5-10H,4,11-14H2,1-3H3,(H,23,24). The van der Waals surface area contributed by atoms with Crippen molar-refractivity contribution in [3.05, 3.63) is 53.3 Å². The Labute approximate surface area is 165 Å².